The SMILES string of the molecule is Cc1cc(Cl)ccc1C[C@H](C(=O)O)N1CCOCC1. The minimum atomic E-state index is -0.781. The van der Waals surface area contributed by atoms with Gasteiger partial charge in [0.25, 0.3) is 0 Å². The fourth-order valence-electron chi connectivity index (χ4n) is 2.36. The van der Waals surface area contributed by atoms with Crippen LogP contribution >= 0.6 is 11.6 Å². The summed E-state index contributed by atoms with van der Waals surface area (Å²) in [6.07, 6.45) is 0.498. The molecular weight excluding hydrogens is 266 g/mol. The first kappa shape index (κ1) is 14.3. The van der Waals surface area contributed by atoms with Crippen LogP contribution in [0.4, 0.5) is 0 Å². The van der Waals surface area contributed by atoms with Crippen molar-refractivity contribution in [2.75, 3.05) is 26.3 Å². The molecule has 5 heteroatoms. The van der Waals surface area contributed by atoms with Crippen LogP contribution < -0.4 is 0 Å². The van der Waals surface area contributed by atoms with Crippen LogP contribution in [0.2, 0.25) is 5.02 Å². The molecule has 0 saturated carbocycles. The molecule has 1 aliphatic rings. The Morgan fingerprint density at radius 1 is 1.47 bits per heavy atom. The second-order valence-electron chi connectivity index (χ2n) is 4.78. The molecule has 0 spiro atoms. The van der Waals surface area contributed by atoms with Crippen molar-refractivity contribution in [1.29, 1.82) is 0 Å². The van der Waals surface area contributed by atoms with Crippen LogP contribution in [0.1, 0.15) is 11.1 Å². The molecule has 1 aromatic rings. The van der Waals surface area contributed by atoms with E-state index in [2.05, 4.69) is 0 Å². The Balaban J connectivity index is 2.13. The number of aryl methyl sites for hydroxylation is 1. The summed E-state index contributed by atoms with van der Waals surface area (Å²) in [4.78, 5) is 13.4. The number of carboxylic acids is 1. The maximum absolute atomic E-state index is 11.5. The molecule has 1 N–H and O–H groups in total. The summed E-state index contributed by atoms with van der Waals surface area (Å²) in [6.45, 7) is 4.50. The molecule has 0 aliphatic carbocycles. The van der Waals surface area contributed by atoms with Crippen molar-refractivity contribution in [1.82, 2.24) is 4.90 Å². The number of rotatable bonds is 4. The monoisotopic (exact) mass is 283 g/mol. The van der Waals surface area contributed by atoms with E-state index in [4.69, 9.17) is 16.3 Å². The first-order valence-electron chi connectivity index (χ1n) is 6.37. The summed E-state index contributed by atoms with van der Waals surface area (Å²) in [5, 5.41) is 10.1. The highest BCUT2D eigenvalue weighted by molar-refractivity contribution is 6.30. The quantitative estimate of drug-likeness (QED) is 0.918. The summed E-state index contributed by atoms with van der Waals surface area (Å²) >= 11 is 5.92. The number of ether oxygens (including phenoxy) is 1. The van der Waals surface area contributed by atoms with Crippen molar-refractivity contribution in [2.24, 2.45) is 0 Å². The maximum atomic E-state index is 11.5. The summed E-state index contributed by atoms with van der Waals surface area (Å²) in [7, 11) is 0. The molecule has 0 unspecified atom stereocenters. The van der Waals surface area contributed by atoms with Crippen LogP contribution in [-0.4, -0.2) is 48.3 Å². The minimum Gasteiger partial charge on any atom is -0.480 e. The van der Waals surface area contributed by atoms with Gasteiger partial charge in [0, 0.05) is 18.1 Å². The van der Waals surface area contributed by atoms with Crippen LogP contribution in [0, 0.1) is 6.92 Å². The van der Waals surface area contributed by atoms with Crippen LogP contribution in [0.5, 0.6) is 0 Å². The molecule has 1 fully saturated rings. The lowest BCUT2D eigenvalue weighted by atomic mass is 10.00. The van der Waals surface area contributed by atoms with Crippen LogP contribution in [0.3, 0.4) is 0 Å². The molecule has 0 bridgehead atoms. The van der Waals surface area contributed by atoms with Gasteiger partial charge in [-0.25, -0.2) is 0 Å². The van der Waals surface area contributed by atoms with Crippen molar-refractivity contribution in [3.63, 3.8) is 0 Å². The average molecular weight is 284 g/mol. The zero-order valence-corrected chi connectivity index (χ0v) is 11.7. The molecule has 1 atom stereocenters. The molecule has 104 valence electrons. The minimum absolute atomic E-state index is 0.497. The third-order valence-electron chi connectivity index (χ3n) is 3.49. The van der Waals surface area contributed by atoms with Gasteiger partial charge in [-0.1, -0.05) is 17.7 Å². The highest BCUT2D eigenvalue weighted by atomic mass is 35.5. The highest BCUT2D eigenvalue weighted by Crippen LogP contribution is 2.19. The lowest BCUT2D eigenvalue weighted by Gasteiger charge is -2.32. The topological polar surface area (TPSA) is 49.8 Å². The Labute approximate surface area is 117 Å². The Kier molecular flexibility index (Phi) is 4.80. The normalized spacial score (nSPS) is 18.2. The molecule has 1 heterocycles. The molecule has 0 amide bonds. The Bertz CT molecular complexity index is 458. The van der Waals surface area contributed by atoms with E-state index in [0.717, 1.165) is 11.1 Å². The van der Waals surface area contributed by atoms with Crippen LogP contribution in [0.15, 0.2) is 18.2 Å². The first-order valence-corrected chi connectivity index (χ1v) is 6.75. The maximum Gasteiger partial charge on any atom is 0.321 e. The third kappa shape index (κ3) is 3.69. The van der Waals surface area contributed by atoms with Gasteiger partial charge in [0.1, 0.15) is 6.04 Å². The van der Waals surface area contributed by atoms with Crippen molar-refractivity contribution < 1.29 is 14.6 Å². The lowest BCUT2D eigenvalue weighted by Crippen LogP contribution is -2.48. The van der Waals surface area contributed by atoms with Crippen LogP contribution in [0.25, 0.3) is 0 Å². The number of aliphatic carboxylic acids is 1. The third-order valence-corrected chi connectivity index (χ3v) is 3.72. The first-order chi connectivity index (χ1) is 9.08. The van der Waals surface area contributed by atoms with Gasteiger partial charge in [0.2, 0.25) is 0 Å². The zero-order valence-electron chi connectivity index (χ0n) is 10.9. The lowest BCUT2D eigenvalue weighted by molar-refractivity contribution is -0.145. The molecule has 1 saturated heterocycles. The Hall–Kier alpha value is -1.10. The van der Waals surface area contributed by atoms with Gasteiger partial charge >= 0.3 is 5.97 Å². The fourth-order valence-corrected chi connectivity index (χ4v) is 2.59. The number of hydrogen-bond donors (Lipinski definition) is 1. The van der Waals surface area contributed by atoms with Crippen molar-refractivity contribution >= 4 is 17.6 Å². The van der Waals surface area contributed by atoms with Gasteiger partial charge in [-0.05, 0) is 36.6 Å². The summed E-state index contributed by atoms with van der Waals surface area (Å²) in [5.41, 5.74) is 2.07. The van der Waals surface area contributed by atoms with Crippen molar-refractivity contribution in [3.8, 4) is 0 Å². The highest BCUT2D eigenvalue weighted by Gasteiger charge is 2.27. The Morgan fingerprint density at radius 2 is 2.16 bits per heavy atom. The molecule has 2 rings (SSSR count). The van der Waals surface area contributed by atoms with E-state index in [9.17, 15) is 9.90 Å². The molecule has 19 heavy (non-hydrogen) atoms. The van der Waals surface area contributed by atoms with Gasteiger partial charge in [-0.15, -0.1) is 0 Å². The molecule has 1 aromatic carbocycles. The Morgan fingerprint density at radius 3 is 2.74 bits per heavy atom. The number of hydrogen-bond acceptors (Lipinski definition) is 3. The van der Waals surface area contributed by atoms with Gasteiger partial charge in [0.05, 0.1) is 13.2 Å². The summed E-state index contributed by atoms with van der Waals surface area (Å²) < 4.78 is 5.27. The van der Waals surface area contributed by atoms with Gasteiger partial charge in [-0.3, -0.25) is 9.69 Å². The molecule has 0 radical (unpaired) electrons. The summed E-state index contributed by atoms with van der Waals surface area (Å²) in [5.74, 6) is -0.781. The number of carbonyl (C=O) groups is 1. The standard InChI is InChI=1S/C14H18ClNO3/c1-10-8-12(15)3-2-11(10)9-13(14(17)18)16-4-6-19-7-5-16/h2-3,8,13H,4-7,9H2,1H3,(H,17,18)/t13-/m1/s1. The van der Waals surface area contributed by atoms with Crippen molar-refractivity contribution in [2.45, 2.75) is 19.4 Å². The predicted octanol–water partition coefficient (Wildman–Crippen LogP) is 1.98. The molecule has 1 aliphatic heterocycles. The molecule has 4 nitrogen and oxygen atoms in total. The van der Waals surface area contributed by atoms with Crippen LogP contribution in [-0.2, 0) is 16.0 Å². The van der Waals surface area contributed by atoms with E-state index in [1.807, 2.05) is 30.0 Å². The van der Waals surface area contributed by atoms with E-state index < -0.39 is 12.0 Å². The van der Waals surface area contributed by atoms with Crippen molar-refractivity contribution in [3.05, 3.63) is 34.3 Å². The van der Waals surface area contributed by atoms with E-state index in [-0.39, 0.29) is 0 Å². The molecule has 0 aromatic heterocycles. The van der Waals surface area contributed by atoms with Gasteiger partial charge in [0.15, 0.2) is 0 Å². The number of benzene rings is 1. The number of halogens is 1. The number of nitrogens with zero attached hydrogens (tertiary/aromatic N) is 1. The van der Waals surface area contributed by atoms with E-state index in [0.29, 0.717) is 37.7 Å². The van der Waals surface area contributed by atoms with E-state index in [1.165, 1.54) is 0 Å². The predicted molar refractivity (Wildman–Crippen MR) is 73.7 cm³/mol. The smallest absolute Gasteiger partial charge is 0.321 e. The number of carboxylic acid groups (broad SMARTS) is 1. The summed E-state index contributed by atoms with van der Waals surface area (Å²) in [6, 6.07) is 5.09. The molecular formula is C14H18ClNO3. The second kappa shape index (κ2) is 6.37. The average Bonchev–Trinajstić information content (AvgIpc) is 2.38. The number of morpholine rings is 1. The van der Waals surface area contributed by atoms with E-state index >= 15 is 0 Å². The van der Waals surface area contributed by atoms with Gasteiger partial charge < -0.3 is 9.84 Å². The fraction of sp³-hybridized carbons (Fsp3) is 0.500. The largest absolute Gasteiger partial charge is 0.480 e. The second-order valence-corrected chi connectivity index (χ2v) is 5.21. The van der Waals surface area contributed by atoms with E-state index in [1.54, 1.807) is 0 Å². The zero-order chi connectivity index (χ0) is 13.8. The van der Waals surface area contributed by atoms with Gasteiger partial charge in [-0.2, -0.15) is 0 Å².